The molecule has 98 valence electrons. The topological polar surface area (TPSA) is 74.6 Å². The fourth-order valence-electron chi connectivity index (χ4n) is 1.60. The molecule has 2 N–H and O–H groups in total. The lowest BCUT2D eigenvalue weighted by Gasteiger charge is -2.02. The molecule has 4 nitrogen and oxygen atoms in total. The molecule has 0 unspecified atom stereocenters. The molecule has 0 aromatic rings. The maximum atomic E-state index is 10.8. The summed E-state index contributed by atoms with van der Waals surface area (Å²) in [4.78, 5) is 21.2. The average Bonchev–Trinajstić information content (AvgIpc) is 2.26. The lowest BCUT2D eigenvalue weighted by Crippen LogP contribution is -2.02. The Morgan fingerprint density at radius 3 is 2.12 bits per heavy atom. The lowest BCUT2D eigenvalue weighted by atomic mass is 10.0. The predicted octanol–water partition coefficient (Wildman–Crippen LogP) is 3.22. The van der Waals surface area contributed by atoms with Gasteiger partial charge >= 0.3 is 11.9 Å². The second-order valence-corrected chi connectivity index (χ2v) is 4.15. The van der Waals surface area contributed by atoms with Crippen LogP contribution in [0, 0.1) is 0 Å². The minimum Gasteiger partial charge on any atom is -0.481 e. The third kappa shape index (κ3) is 9.60. The minimum absolute atomic E-state index is 0.211. The Morgan fingerprint density at radius 2 is 1.59 bits per heavy atom. The van der Waals surface area contributed by atoms with Crippen LogP contribution < -0.4 is 0 Å². The Labute approximate surface area is 102 Å². The normalized spacial score (nSPS) is 11.5. The van der Waals surface area contributed by atoms with Crippen LogP contribution in [0.3, 0.4) is 0 Å². The fourth-order valence-corrected chi connectivity index (χ4v) is 1.60. The van der Waals surface area contributed by atoms with E-state index in [4.69, 9.17) is 10.2 Å². The summed E-state index contributed by atoms with van der Waals surface area (Å²) in [6.07, 6.45) is 8.12. The molecule has 0 aliphatic rings. The quantitative estimate of drug-likeness (QED) is 0.455. The van der Waals surface area contributed by atoms with Gasteiger partial charge in [-0.15, -0.1) is 0 Å². The Bertz CT molecular complexity index is 269. The molecule has 4 heteroatoms. The second-order valence-electron chi connectivity index (χ2n) is 4.15. The summed E-state index contributed by atoms with van der Waals surface area (Å²) in [6, 6.07) is 0. The van der Waals surface area contributed by atoms with Crippen LogP contribution in [0.2, 0.25) is 0 Å². The molecule has 0 bridgehead atoms. The summed E-state index contributed by atoms with van der Waals surface area (Å²) in [7, 11) is 0. The zero-order chi connectivity index (χ0) is 13.1. The van der Waals surface area contributed by atoms with Crippen molar-refractivity contribution in [1.82, 2.24) is 0 Å². The standard InChI is InChI=1S/C13H22O4/c1-2-3-4-5-6-7-8-11(13(16)17)9-10-12(14)15/h9H,2-8,10H2,1H3,(H,14,15)(H,16,17). The first-order valence-electron chi connectivity index (χ1n) is 6.22. The molecule has 0 fully saturated rings. The van der Waals surface area contributed by atoms with Crippen molar-refractivity contribution in [3.63, 3.8) is 0 Å². The van der Waals surface area contributed by atoms with Crippen LogP contribution in [0.4, 0.5) is 0 Å². The van der Waals surface area contributed by atoms with E-state index in [9.17, 15) is 9.59 Å². The number of unbranched alkanes of at least 4 members (excludes halogenated alkanes) is 5. The number of carboxylic acid groups (broad SMARTS) is 2. The van der Waals surface area contributed by atoms with Gasteiger partial charge in [0.1, 0.15) is 0 Å². The van der Waals surface area contributed by atoms with Gasteiger partial charge in [0.2, 0.25) is 0 Å². The molecule has 0 aliphatic carbocycles. The first-order chi connectivity index (χ1) is 8.07. The monoisotopic (exact) mass is 242 g/mol. The Morgan fingerprint density at radius 1 is 1.00 bits per heavy atom. The van der Waals surface area contributed by atoms with Crippen molar-refractivity contribution >= 4 is 11.9 Å². The third-order valence-corrected chi connectivity index (χ3v) is 2.60. The molecule has 0 amide bonds. The van der Waals surface area contributed by atoms with Gasteiger partial charge in [-0.1, -0.05) is 45.1 Å². The van der Waals surface area contributed by atoms with E-state index in [1.165, 1.54) is 25.3 Å². The molecular formula is C13H22O4. The van der Waals surface area contributed by atoms with Crippen LogP contribution in [0.5, 0.6) is 0 Å². The van der Waals surface area contributed by atoms with E-state index in [0.717, 1.165) is 19.3 Å². The highest BCUT2D eigenvalue weighted by Gasteiger charge is 2.07. The van der Waals surface area contributed by atoms with Gasteiger partial charge in [0, 0.05) is 5.57 Å². The molecule has 0 spiro atoms. The first-order valence-corrected chi connectivity index (χ1v) is 6.22. The summed E-state index contributed by atoms with van der Waals surface area (Å²) in [5.74, 6) is -1.99. The molecular weight excluding hydrogens is 220 g/mol. The number of rotatable bonds is 10. The predicted molar refractivity (Wildman–Crippen MR) is 66.0 cm³/mol. The van der Waals surface area contributed by atoms with Crippen LogP contribution in [0.1, 0.15) is 58.3 Å². The van der Waals surface area contributed by atoms with Crippen molar-refractivity contribution in [2.45, 2.75) is 58.3 Å². The molecule has 0 radical (unpaired) electrons. The highest BCUT2D eigenvalue weighted by atomic mass is 16.4. The summed E-state index contributed by atoms with van der Waals surface area (Å²) < 4.78 is 0. The van der Waals surface area contributed by atoms with E-state index < -0.39 is 11.9 Å². The Kier molecular flexibility index (Phi) is 9.11. The van der Waals surface area contributed by atoms with Gasteiger partial charge in [-0.2, -0.15) is 0 Å². The van der Waals surface area contributed by atoms with Gasteiger partial charge in [-0.3, -0.25) is 4.79 Å². The molecule has 0 saturated heterocycles. The number of carbonyl (C=O) groups is 2. The van der Waals surface area contributed by atoms with E-state index >= 15 is 0 Å². The summed E-state index contributed by atoms with van der Waals surface area (Å²) >= 11 is 0. The van der Waals surface area contributed by atoms with Gasteiger partial charge in [0.15, 0.2) is 0 Å². The van der Waals surface area contributed by atoms with Crippen molar-refractivity contribution in [3.8, 4) is 0 Å². The Balaban J connectivity index is 3.82. The van der Waals surface area contributed by atoms with Crippen LogP contribution in [-0.4, -0.2) is 22.2 Å². The van der Waals surface area contributed by atoms with Gasteiger partial charge in [0.05, 0.1) is 6.42 Å². The first kappa shape index (κ1) is 15.7. The zero-order valence-corrected chi connectivity index (χ0v) is 10.4. The molecule has 0 atom stereocenters. The van der Waals surface area contributed by atoms with Gasteiger partial charge in [-0.25, -0.2) is 4.79 Å². The van der Waals surface area contributed by atoms with E-state index in [0.29, 0.717) is 6.42 Å². The smallest absolute Gasteiger partial charge is 0.331 e. The minimum atomic E-state index is -1.00. The van der Waals surface area contributed by atoms with Crippen LogP contribution in [0.25, 0.3) is 0 Å². The van der Waals surface area contributed by atoms with E-state index in [1.807, 2.05) is 0 Å². The van der Waals surface area contributed by atoms with Crippen LogP contribution in [0.15, 0.2) is 11.6 Å². The lowest BCUT2D eigenvalue weighted by molar-refractivity contribution is -0.136. The third-order valence-electron chi connectivity index (χ3n) is 2.60. The van der Waals surface area contributed by atoms with E-state index in [-0.39, 0.29) is 12.0 Å². The molecule has 0 aliphatic heterocycles. The van der Waals surface area contributed by atoms with Gasteiger partial charge in [0.25, 0.3) is 0 Å². The maximum Gasteiger partial charge on any atom is 0.331 e. The molecule has 0 saturated carbocycles. The number of carboxylic acids is 2. The summed E-state index contributed by atoms with van der Waals surface area (Å²) in [5, 5.41) is 17.3. The number of aliphatic carboxylic acids is 2. The van der Waals surface area contributed by atoms with Crippen molar-refractivity contribution in [2.75, 3.05) is 0 Å². The SMILES string of the molecule is CCCCCCCCC(=CCC(=O)O)C(=O)O. The molecule has 0 heterocycles. The summed E-state index contributed by atoms with van der Waals surface area (Å²) in [5.41, 5.74) is 0.225. The van der Waals surface area contributed by atoms with Crippen molar-refractivity contribution in [3.05, 3.63) is 11.6 Å². The van der Waals surface area contributed by atoms with Crippen molar-refractivity contribution in [1.29, 1.82) is 0 Å². The molecule has 0 rings (SSSR count). The fraction of sp³-hybridized carbons (Fsp3) is 0.692. The molecule has 0 aromatic heterocycles. The largest absolute Gasteiger partial charge is 0.481 e. The van der Waals surface area contributed by atoms with Gasteiger partial charge < -0.3 is 10.2 Å². The summed E-state index contributed by atoms with van der Waals surface area (Å²) in [6.45, 7) is 2.15. The van der Waals surface area contributed by atoms with E-state index in [2.05, 4.69) is 6.92 Å². The highest BCUT2D eigenvalue weighted by molar-refractivity contribution is 5.87. The molecule has 17 heavy (non-hydrogen) atoms. The average molecular weight is 242 g/mol. The maximum absolute atomic E-state index is 10.8. The Hall–Kier alpha value is -1.32. The van der Waals surface area contributed by atoms with E-state index in [1.54, 1.807) is 0 Å². The van der Waals surface area contributed by atoms with Crippen LogP contribution >= 0.6 is 0 Å². The van der Waals surface area contributed by atoms with Crippen molar-refractivity contribution < 1.29 is 19.8 Å². The number of hydrogen-bond acceptors (Lipinski definition) is 2. The molecule has 0 aromatic carbocycles. The van der Waals surface area contributed by atoms with Crippen LogP contribution in [-0.2, 0) is 9.59 Å². The second kappa shape index (κ2) is 9.87. The number of hydrogen-bond donors (Lipinski definition) is 2. The zero-order valence-electron chi connectivity index (χ0n) is 10.4. The van der Waals surface area contributed by atoms with Crippen molar-refractivity contribution in [2.24, 2.45) is 0 Å². The highest BCUT2D eigenvalue weighted by Crippen LogP contribution is 2.12. The van der Waals surface area contributed by atoms with Gasteiger partial charge in [-0.05, 0) is 12.8 Å².